The summed E-state index contributed by atoms with van der Waals surface area (Å²) < 4.78 is 0. The Bertz CT molecular complexity index is 378. The molecule has 19 heavy (non-hydrogen) atoms. The maximum absolute atomic E-state index is 12.6. The minimum atomic E-state index is -0.222. The van der Waals surface area contributed by atoms with Gasteiger partial charge in [0.2, 0.25) is 11.8 Å². The number of rotatable bonds is 3. The van der Waals surface area contributed by atoms with Gasteiger partial charge in [0.15, 0.2) is 0 Å². The summed E-state index contributed by atoms with van der Waals surface area (Å²) in [6.45, 7) is 2.49. The van der Waals surface area contributed by atoms with Crippen LogP contribution >= 0.6 is 0 Å². The van der Waals surface area contributed by atoms with Crippen LogP contribution in [0.5, 0.6) is 0 Å². The standard InChI is InChI=1S/C15H24N2O2/c1-2-10-5-3-4-6-12(10)17-9-13(18)16-14(15(17)19)11-7-8-11/h10-12,14H,2-9H2,1H3,(H,16,18). The lowest BCUT2D eigenvalue weighted by atomic mass is 9.81. The molecular formula is C15H24N2O2. The van der Waals surface area contributed by atoms with E-state index in [0.29, 0.717) is 17.9 Å². The molecule has 2 amide bonds. The zero-order valence-electron chi connectivity index (χ0n) is 11.7. The van der Waals surface area contributed by atoms with Crippen LogP contribution in [0.15, 0.2) is 0 Å². The Labute approximate surface area is 114 Å². The molecule has 1 aliphatic heterocycles. The number of carbonyl (C=O) groups excluding carboxylic acids is 2. The van der Waals surface area contributed by atoms with Crippen LogP contribution in [-0.4, -0.2) is 35.3 Å². The van der Waals surface area contributed by atoms with Crippen molar-refractivity contribution in [2.45, 2.75) is 64.0 Å². The predicted octanol–water partition coefficient (Wildman–Crippen LogP) is 1.69. The predicted molar refractivity (Wildman–Crippen MR) is 72.4 cm³/mol. The summed E-state index contributed by atoms with van der Waals surface area (Å²) in [5, 5.41) is 2.90. The Kier molecular flexibility index (Phi) is 3.50. The zero-order chi connectivity index (χ0) is 13.4. The number of hydrogen-bond acceptors (Lipinski definition) is 2. The molecule has 3 rings (SSSR count). The van der Waals surface area contributed by atoms with Gasteiger partial charge in [0.1, 0.15) is 6.04 Å². The van der Waals surface area contributed by atoms with Crippen LogP contribution in [0.3, 0.4) is 0 Å². The van der Waals surface area contributed by atoms with Gasteiger partial charge in [-0.25, -0.2) is 0 Å². The number of piperazine rings is 1. The molecule has 1 heterocycles. The summed E-state index contributed by atoms with van der Waals surface area (Å²) in [5.74, 6) is 1.22. The normalized spacial score (nSPS) is 36.3. The van der Waals surface area contributed by atoms with E-state index in [1.54, 1.807) is 0 Å². The van der Waals surface area contributed by atoms with E-state index < -0.39 is 0 Å². The fraction of sp³-hybridized carbons (Fsp3) is 0.867. The molecule has 1 N–H and O–H groups in total. The zero-order valence-corrected chi connectivity index (χ0v) is 11.7. The Morgan fingerprint density at radius 3 is 2.58 bits per heavy atom. The number of hydrogen-bond donors (Lipinski definition) is 1. The lowest BCUT2D eigenvalue weighted by molar-refractivity contribution is -0.149. The highest BCUT2D eigenvalue weighted by Crippen LogP contribution is 2.37. The van der Waals surface area contributed by atoms with Crippen molar-refractivity contribution in [3.8, 4) is 0 Å². The third kappa shape index (κ3) is 2.49. The smallest absolute Gasteiger partial charge is 0.246 e. The first kappa shape index (κ1) is 12.9. The summed E-state index contributed by atoms with van der Waals surface area (Å²) >= 11 is 0. The van der Waals surface area contributed by atoms with Gasteiger partial charge in [-0.2, -0.15) is 0 Å². The maximum Gasteiger partial charge on any atom is 0.246 e. The van der Waals surface area contributed by atoms with Gasteiger partial charge in [0.05, 0.1) is 6.54 Å². The third-order valence-corrected chi connectivity index (χ3v) is 5.07. The quantitative estimate of drug-likeness (QED) is 0.843. The lowest BCUT2D eigenvalue weighted by Gasteiger charge is -2.43. The van der Waals surface area contributed by atoms with Gasteiger partial charge in [-0.1, -0.05) is 26.2 Å². The van der Waals surface area contributed by atoms with E-state index in [-0.39, 0.29) is 24.4 Å². The summed E-state index contributed by atoms with van der Waals surface area (Å²) in [6, 6.07) is 0.0826. The van der Waals surface area contributed by atoms with Crippen molar-refractivity contribution in [3.63, 3.8) is 0 Å². The molecule has 3 unspecified atom stereocenters. The van der Waals surface area contributed by atoms with Gasteiger partial charge >= 0.3 is 0 Å². The molecular weight excluding hydrogens is 240 g/mol. The van der Waals surface area contributed by atoms with Gasteiger partial charge in [-0.3, -0.25) is 9.59 Å². The Morgan fingerprint density at radius 2 is 1.89 bits per heavy atom. The Balaban J connectivity index is 1.77. The first-order valence-corrected chi connectivity index (χ1v) is 7.80. The first-order chi connectivity index (χ1) is 9.20. The molecule has 1 saturated heterocycles. The molecule has 0 aromatic rings. The summed E-state index contributed by atoms with van der Waals surface area (Å²) in [5.41, 5.74) is 0. The first-order valence-electron chi connectivity index (χ1n) is 7.80. The van der Waals surface area contributed by atoms with E-state index in [0.717, 1.165) is 25.7 Å². The molecule has 4 heteroatoms. The molecule has 3 aliphatic rings. The Hall–Kier alpha value is -1.06. The second-order valence-electron chi connectivity index (χ2n) is 6.37. The number of carbonyl (C=O) groups is 2. The van der Waals surface area contributed by atoms with Crippen LogP contribution in [-0.2, 0) is 9.59 Å². The molecule has 3 atom stereocenters. The minimum Gasteiger partial charge on any atom is -0.342 e. The van der Waals surface area contributed by atoms with E-state index in [4.69, 9.17) is 0 Å². The topological polar surface area (TPSA) is 49.4 Å². The maximum atomic E-state index is 12.6. The molecule has 3 fully saturated rings. The lowest BCUT2D eigenvalue weighted by Crippen LogP contribution is -2.62. The molecule has 0 radical (unpaired) electrons. The highest BCUT2D eigenvalue weighted by atomic mass is 16.2. The second kappa shape index (κ2) is 5.14. The molecule has 4 nitrogen and oxygen atoms in total. The van der Waals surface area contributed by atoms with Crippen LogP contribution in [0.2, 0.25) is 0 Å². The van der Waals surface area contributed by atoms with Crippen molar-refractivity contribution >= 4 is 11.8 Å². The average Bonchev–Trinajstić information content (AvgIpc) is 3.25. The summed E-state index contributed by atoms with van der Waals surface area (Å²) in [4.78, 5) is 26.4. The van der Waals surface area contributed by atoms with Gasteiger partial charge in [0.25, 0.3) is 0 Å². The van der Waals surface area contributed by atoms with Gasteiger partial charge in [-0.05, 0) is 37.5 Å². The molecule has 0 bridgehead atoms. The minimum absolute atomic E-state index is 0.0388. The number of nitrogens with one attached hydrogen (secondary N) is 1. The molecule has 0 spiro atoms. The van der Waals surface area contributed by atoms with E-state index in [1.165, 1.54) is 19.3 Å². The van der Waals surface area contributed by atoms with Crippen molar-refractivity contribution in [1.82, 2.24) is 10.2 Å². The fourth-order valence-electron chi connectivity index (χ4n) is 3.80. The van der Waals surface area contributed by atoms with Crippen LogP contribution in [0.4, 0.5) is 0 Å². The third-order valence-electron chi connectivity index (χ3n) is 5.07. The highest BCUT2D eigenvalue weighted by Gasteiger charge is 2.45. The number of nitrogens with zero attached hydrogens (tertiary/aromatic N) is 1. The Morgan fingerprint density at radius 1 is 1.16 bits per heavy atom. The second-order valence-corrected chi connectivity index (χ2v) is 6.37. The van der Waals surface area contributed by atoms with Crippen molar-refractivity contribution in [1.29, 1.82) is 0 Å². The van der Waals surface area contributed by atoms with Crippen LogP contribution in [0.25, 0.3) is 0 Å². The molecule has 0 aromatic carbocycles. The van der Waals surface area contributed by atoms with Gasteiger partial charge in [0, 0.05) is 6.04 Å². The van der Waals surface area contributed by atoms with E-state index >= 15 is 0 Å². The van der Waals surface area contributed by atoms with Crippen molar-refractivity contribution in [2.24, 2.45) is 11.8 Å². The highest BCUT2D eigenvalue weighted by molar-refractivity contribution is 5.95. The summed E-state index contributed by atoms with van der Waals surface area (Å²) in [7, 11) is 0. The van der Waals surface area contributed by atoms with Crippen molar-refractivity contribution in [3.05, 3.63) is 0 Å². The fourth-order valence-corrected chi connectivity index (χ4v) is 3.80. The van der Waals surface area contributed by atoms with Gasteiger partial charge < -0.3 is 10.2 Å². The molecule has 2 aliphatic carbocycles. The van der Waals surface area contributed by atoms with Crippen molar-refractivity contribution < 1.29 is 9.59 Å². The van der Waals surface area contributed by atoms with E-state index in [2.05, 4.69) is 12.2 Å². The van der Waals surface area contributed by atoms with Crippen LogP contribution in [0.1, 0.15) is 51.9 Å². The van der Waals surface area contributed by atoms with Gasteiger partial charge in [-0.15, -0.1) is 0 Å². The van der Waals surface area contributed by atoms with E-state index in [9.17, 15) is 9.59 Å². The SMILES string of the molecule is CCC1CCCCC1N1CC(=O)NC(C2CC2)C1=O. The van der Waals surface area contributed by atoms with Crippen molar-refractivity contribution in [2.75, 3.05) is 6.54 Å². The molecule has 0 aromatic heterocycles. The average molecular weight is 264 g/mol. The monoisotopic (exact) mass is 264 g/mol. The largest absolute Gasteiger partial charge is 0.342 e. The molecule has 2 saturated carbocycles. The van der Waals surface area contributed by atoms with Crippen LogP contribution in [0, 0.1) is 11.8 Å². The molecule has 106 valence electrons. The number of amides is 2. The van der Waals surface area contributed by atoms with E-state index in [1.807, 2.05) is 4.90 Å². The summed E-state index contributed by atoms with van der Waals surface area (Å²) in [6.07, 6.45) is 8.05. The van der Waals surface area contributed by atoms with Crippen LogP contribution < -0.4 is 5.32 Å².